The van der Waals surface area contributed by atoms with E-state index >= 15 is 0 Å². The molecule has 90 valence electrons. The summed E-state index contributed by atoms with van der Waals surface area (Å²) in [6, 6.07) is 0. The number of rotatable bonds is 6. The molecule has 0 fully saturated rings. The van der Waals surface area contributed by atoms with Crippen LogP contribution in [0.25, 0.3) is 0 Å². The zero-order valence-electron chi connectivity index (χ0n) is 10.0. The first-order valence-corrected chi connectivity index (χ1v) is 6.37. The monoisotopic (exact) mass is 241 g/mol. The van der Waals surface area contributed by atoms with Crippen LogP contribution in [-0.4, -0.2) is 24.5 Å². The summed E-state index contributed by atoms with van der Waals surface area (Å²) in [4.78, 5) is 15.5. The van der Waals surface area contributed by atoms with E-state index in [9.17, 15) is 4.79 Å². The van der Waals surface area contributed by atoms with Crippen molar-refractivity contribution < 1.29 is 4.79 Å². The molecule has 1 heterocycles. The normalized spacial score (nSPS) is 10.8. The quantitative estimate of drug-likeness (QED) is 0.742. The fraction of sp³-hybridized carbons (Fsp3) is 0.636. The second-order valence-corrected chi connectivity index (χ2v) is 4.82. The van der Waals surface area contributed by atoms with E-state index in [-0.39, 0.29) is 5.91 Å². The van der Waals surface area contributed by atoms with E-state index in [2.05, 4.69) is 34.8 Å². The van der Waals surface area contributed by atoms with Gasteiger partial charge in [-0.2, -0.15) is 0 Å². The fourth-order valence-electron chi connectivity index (χ4n) is 1.21. The molecule has 0 saturated heterocycles. The predicted molar refractivity (Wildman–Crippen MR) is 66.6 cm³/mol. The standard InChI is InChI=1S/C11H19N3OS/c1-8(2)11-14-9(7-16-11)6-13-5-4-10(15)12-3/h7-8,13H,4-6H2,1-3H3,(H,12,15). The van der Waals surface area contributed by atoms with Crippen LogP contribution in [0.3, 0.4) is 0 Å². The molecule has 2 N–H and O–H groups in total. The van der Waals surface area contributed by atoms with Crippen molar-refractivity contribution in [2.24, 2.45) is 0 Å². The molecule has 0 unspecified atom stereocenters. The number of hydrogen-bond acceptors (Lipinski definition) is 4. The summed E-state index contributed by atoms with van der Waals surface area (Å²) in [5.74, 6) is 0.554. The molecule has 0 bridgehead atoms. The van der Waals surface area contributed by atoms with Gasteiger partial charge >= 0.3 is 0 Å². The highest BCUT2D eigenvalue weighted by Crippen LogP contribution is 2.18. The molecule has 0 aliphatic heterocycles. The number of amides is 1. The second-order valence-electron chi connectivity index (χ2n) is 3.93. The van der Waals surface area contributed by atoms with Crippen LogP contribution in [0.2, 0.25) is 0 Å². The Morgan fingerprint density at radius 3 is 2.88 bits per heavy atom. The molecule has 1 amide bonds. The van der Waals surface area contributed by atoms with Crippen LogP contribution in [0.4, 0.5) is 0 Å². The van der Waals surface area contributed by atoms with Gasteiger partial charge in [-0.3, -0.25) is 4.79 Å². The molecular weight excluding hydrogens is 222 g/mol. The van der Waals surface area contributed by atoms with E-state index in [0.29, 0.717) is 18.9 Å². The van der Waals surface area contributed by atoms with Crippen LogP contribution in [0.1, 0.15) is 36.9 Å². The maximum absolute atomic E-state index is 11.0. The average molecular weight is 241 g/mol. The van der Waals surface area contributed by atoms with E-state index in [1.165, 1.54) is 5.01 Å². The van der Waals surface area contributed by atoms with Crippen LogP contribution >= 0.6 is 11.3 Å². The molecular formula is C11H19N3OS. The number of nitrogens with one attached hydrogen (secondary N) is 2. The molecule has 4 nitrogen and oxygen atoms in total. The van der Waals surface area contributed by atoms with Gasteiger partial charge in [-0.15, -0.1) is 11.3 Å². The summed E-state index contributed by atoms with van der Waals surface area (Å²) in [6.07, 6.45) is 0.512. The van der Waals surface area contributed by atoms with E-state index < -0.39 is 0 Å². The van der Waals surface area contributed by atoms with E-state index in [1.54, 1.807) is 18.4 Å². The number of thiazole rings is 1. The van der Waals surface area contributed by atoms with E-state index in [4.69, 9.17) is 0 Å². The zero-order valence-corrected chi connectivity index (χ0v) is 10.9. The van der Waals surface area contributed by atoms with Crippen molar-refractivity contribution in [2.45, 2.75) is 32.7 Å². The van der Waals surface area contributed by atoms with Gasteiger partial charge in [0.2, 0.25) is 5.91 Å². The lowest BCUT2D eigenvalue weighted by Gasteiger charge is -2.02. The van der Waals surface area contributed by atoms with Crippen LogP contribution < -0.4 is 10.6 Å². The summed E-state index contributed by atoms with van der Waals surface area (Å²) in [5.41, 5.74) is 1.06. The lowest BCUT2D eigenvalue weighted by atomic mass is 10.2. The van der Waals surface area contributed by atoms with Crippen molar-refractivity contribution in [3.8, 4) is 0 Å². The predicted octanol–water partition coefficient (Wildman–Crippen LogP) is 1.49. The van der Waals surface area contributed by atoms with Crippen molar-refractivity contribution in [1.29, 1.82) is 0 Å². The molecule has 1 rings (SSSR count). The second kappa shape index (κ2) is 6.60. The molecule has 0 spiro atoms. The Bertz CT molecular complexity index is 336. The van der Waals surface area contributed by atoms with Crippen LogP contribution in [0.5, 0.6) is 0 Å². The smallest absolute Gasteiger partial charge is 0.221 e. The third kappa shape index (κ3) is 4.28. The van der Waals surface area contributed by atoms with Gasteiger partial charge in [-0.25, -0.2) is 4.98 Å². The van der Waals surface area contributed by atoms with Gasteiger partial charge in [0, 0.05) is 37.9 Å². The SMILES string of the molecule is CNC(=O)CCNCc1csc(C(C)C)n1. The summed E-state index contributed by atoms with van der Waals surface area (Å²) in [6.45, 7) is 5.71. The lowest BCUT2D eigenvalue weighted by Crippen LogP contribution is -2.24. The average Bonchev–Trinajstić information content (AvgIpc) is 2.72. The van der Waals surface area contributed by atoms with E-state index in [0.717, 1.165) is 12.2 Å². The Balaban J connectivity index is 2.24. The molecule has 0 saturated carbocycles. The molecule has 1 aromatic heterocycles. The molecule has 1 aromatic rings. The zero-order chi connectivity index (χ0) is 12.0. The first-order chi connectivity index (χ1) is 7.63. The highest BCUT2D eigenvalue weighted by atomic mass is 32.1. The summed E-state index contributed by atoms with van der Waals surface area (Å²) < 4.78 is 0. The Labute approximate surface area is 100 Å². The molecule has 0 radical (unpaired) electrons. The number of hydrogen-bond donors (Lipinski definition) is 2. The molecule has 0 aliphatic rings. The molecule has 16 heavy (non-hydrogen) atoms. The minimum Gasteiger partial charge on any atom is -0.359 e. The summed E-state index contributed by atoms with van der Waals surface area (Å²) in [5, 5.41) is 9.03. The minimum atomic E-state index is 0.0636. The Morgan fingerprint density at radius 1 is 1.56 bits per heavy atom. The first-order valence-electron chi connectivity index (χ1n) is 5.49. The number of carbonyl (C=O) groups excluding carboxylic acids is 1. The maximum atomic E-state index is 11.0. The Kier molecular flexibility index (Phi) is 5.42. The largest absolute Gasteiger partial charge is 0.359 e. The molecule has 0 aliphatic carbocycles. The number of carbonyl (C=O) groups is 1. The van der Waals surface area contributed by atoms with Crippen molar-refractivity contribution >= 4 is 17.2 Å². The maximum Gasteiger partial charge on any atom is 0.221 e. The third-order valence-corrected chi connectivity index (χ3v) is 3.37. The topological polar surface area (TPSA) is 54.0 Å². The Hall–Kier alpha value is -0.940. The van der Waals surface area contributed by atoms with Gasteiger partial charge in [0.05, 0.1) is 10.7 Å². The van der Waals surface area contributed by atoms with Crippen LogP contribution in [-0.2, 0) is 11.3 Å². The van der Waals surface area contributed by atoms with Crippen molar-refractivity contribution in [1.82, 2.24) is 15.6 Å². The van der Waals surface area contributed by atoms with Crippen molar-refractivity contribution in [3.05, 3.63) is 16.1 Å². The van der Waals surface area contributed by atoms with Gasteiger partial charge in [0.25, 0.3) is 0 Å². The summed E-state index contributed by atoms with van der Waals surface area (Å²) in [7, 11) is 1.65. The van der Waals surface area contributed by atoms with Gasteiger partial charge in [-0.05, 0) is 0 Å². The van der Waals surface area contributed by atoms with Crippen molar-refractivity contribution in [2.75, 3.05) is 13.6 Å². The lowest BCUT2D eigenvalue weighted by molar-refractivity contribution is -0.120. The Morgan fingerprint density at radius 2 is 2.31 bits per heavy atom. The van der Waals surface area contributed by atoms with Gasteiger partial charge in [0.15, 0.2) is 0 Å². The molecule has 5 heteroatoms. The third-order valence-electron chi connectivity index (χ3n) is 2.18. The highest BCUT2D eigenvalue weighted by molar-refractivity contribution is 7.09. The van der Waals surface area contributed by atoms with Crippen LogP contribution in [0.15, 0.2) is 5.38 Å². The van der Waals surface area contributed by atoms with Gasteiger partial charge in [-0.1, -0.05) is 13.8 Å². The number of aromatic nitrogens is 1. The number of nitrogens with zero attached hydrogens (tertiary/aromatic N) is 1. The summed E-state index contributed by atoms with van der Waals surface area (Å²) >= 11 is 1.70. The highest BCUT2D eigenvalue weighted by Gasteiger charge is 2.05. The van der Waals surface area contributed by atoms with Gasteiger partial charge < -0.3 is 10.6 Å². The minimum absolute atomic E-state index is 0.0636. The first kappa shape index (κ1) is 13.1. The molecule has 0 atom stereocenters. The van der Waals surface area contributed by atoms with Crippen LogP contribution in [0, 0.1) is 0 Å². The molecule has 0 aromatic carbocycles. The fourth-order valence-corrected chi connectivity index (χ4v) is 2.05. The van der Waals surface area contributed by atoms with E-state index in [1.807, 2.05) is 0 Å². The van der Waals surface area contributed by atoms with Gasteiger partial charge in [0.1, 0.15) is 0 Å². The van der Waals surface area contributed by atoms with Crippen molar-refractivity contribution in [3.63, 3.8) is 0 Å².